The molecule has 0 unspecified atom stereocenters. The lowest BCUT2D eigenvalue weighted by molar-refractivity contribution is 0.0808. The van der Waals surface area contributed by atoms with Gasteiger partial charge < -0.3 is 5.32 Å². The van der Waals surface area contributed by atoms with Crippen LogP contribution in [0, 0.1) is 0 Å². The van der Waals surface area contributed by atoms with Crippen molar-refractivity contribution in [1.29, 1.82) is 0 Å². The molecule has 0 aromatic heterocycles. The number of nitrogens with one attached hydrogen (secondary N) is 1. The highest BCUT2D eigenvalue weighted by Gasteiger charge is 2.32. The fourth-order valence-electron chi connectivity index (χ4n) is 2.74. The van der Waals surface area contributed by atoms with Gasteiger partial charge in [-0.1, -0.05) is 13.8 Å². The van der Waals surface area contributed by atoms with Gasteiger partial charge in [0.15, 0.2) is 0 Å². The molecule has 0 aliphatic heterocycles. The minimum atomic E-state index is 0.181. The largest absolute Gasteiger partial charge is 0.310 e. The molecule has 0 amide bonds. The van der Waals surface area contributed by atoms with E-state index in [2.05, 4.69) is 72.7 Å². The Labute approximate surface area is 103 Å². The lowest BCUT2D eigenvalue weighted by atomic mass is 9.85. The van der Waals surface area contributed by atoms with E-state index < -0.39 is 0 Å². The van der Waals surface area contributed by atoms with Crippen LogP contribution in [0.15, 0.2) is 0 Å². The standard InChI is InChI=1S/C14H32N2/c1-11(2)15-13(5,6)10-14(7,8)16(9)12(3)4/h11-12,15H,10H2,1-9H3. The number of hydrogen-bond acceptors (Lipinski definition) is 2. The van der Waals surface area contributed by atoms with Crippen LogP contribution in [-0.2, 0) is 0 Å². The molecule has 0 saturated heterocycles. The van der Waals surface area contributed by atoms with Crippen LogP contribution in [-0.4, -0.2) is 35.1 Å². The molecule has 0 rings (SSSR count). The average Bonchev–Trinajstić information content (AvgIpc) is 1.97. The molecule has 0 bridgehead atoms. The predicted octanol–water partition coefficient (Wildman–Crippen LogP) is 3.27. The second-order valence-electron chi connectivity index (χ2n) is 6.88. The van der Waals surface area contributed by atoms with Crippen LogP contribution in [0.5, 0.6) is 0 Å². The van der Waals surface area contributed by atoms with Gasteiger partial charge in [0.1, 0.15) is 0 Å². The summed E-state index contributed by atoms with van der Waals surface area (Å²) in [6.45, 7) is 18.2. The molecule has 16 heavy (non-hydrogen) atoms. The Balaban J connectivity index is 4.56. The van der Waals surface area contributed by atoms with Crippen molar-refractivity contribution >= 4 is 0 Å². The molecule has 0 aromatic rings. The second kappa shape index (κ2) is 5.50. The van der Waals surface area contributed by atoms with Crippen molar-refractivity contribution in [3.8, 4) is 0 Å². The van der Waals surface area contributed by atoms with Gasteiger partial charge in [-0.15, -0.1) is 0 Å². The zero-order valence-electron chi connectivity index (χ0n) is 12.8. The maximum absolute atomic E-state index is 3.64. The number of hydrogen-bond donors (Lipinski definition) is 1. The molecule has 0 radical (unpaired) electrons. The van der Waals surface area contributed by atoms with Gasteiger partial charge in [0, 0.05) is 23.2 Å². The molecule has 0 heterocycles. The molecule has 0 atom stereocenters. The number of rotatable bonds is 6. The Kier molecular flexibility index (Phi) is 5.48. The third-order valence-electron chi connectivity index (χ3n) is 3.28. The lowest BCUT2D eigenvalue weighted by Crippen LogP contribution is -2.54. The first-order valence-electron chi connectivity index (χ1n) is 6.48. The van der Waals surface area contributed by atoms with Crippen LogP contribution in [0.2, 0.25) is 0 Å². The van der Waals surface area contributed by atoms with Crippen molar-refractivity contribution < 1.29 is 0 Å². The molecule has 0 aliphatic rings. The minimum Gasteiger partial charge on any atom is -0.310 e. The van der Waals surface area contributed by atoms with Crippen LogP contribution in [0.1, 0.15) is 61.8 Å². The summed E-state index contributed by atoms with van der Waals surface area (Å²) in [4.78, 5) is 2.46. The van der Waals surface area contributed by atoms with Crippen LogP contribution in [0.25, 0.3) is 0 Å². The Bertz CT molecular complexity index is 205. The van der Waals surface area contributed by atoms with Crippen molar-refractivity contribution in [3.63, 3.8) is 0 Å². The van der Waals surface area contributed by atoms with E-state index >= 15 is 0 Å². The van der Waals surface area contributed by atoms with Gasteiger partial charge in [0.25, 0.3) is 0 Å². The lowest BCUT2D eigenvalue weighted by Gasteiger charge is -2.44. The molecule has 2 heteroatoms. The van der Waals surface area contributed by atoms with Crippen LogP contribution in [0.3, 0.4) is 0 Å². The van der Waals surface area contributed by atoms with E-state index in [-0.39, 0.29) is 11.1 Å². The normalized spacial score (nSPS) is 14.2. The van der Waals surface area contributed by atoms with Crippen molar-refractivity contribution in [1.82, 2.24) is 10.2 Å². The van der Waals surface area contributed by atoms with E-state index in [4.69, 9.17) is 0 Å². The Morgan fingerprint density at radius 2 is 1.44 bits per heavy atom. The molecule has 0 aromatic carbocycles. The fourth-order valence-corrected chi connectivity index (χ4v) is 2.74. The van der Waals surface area contributed by atoms with E-state index in [1.54, 1.807) is 0 Å². The summed E-state index contributed by atoms with van der Waals surface area (Å²) in [5.41, 5.74) is 0.403. The smallest absolute Gasteiger partial charge is 0.0170 e. The third-order valence-corrected chi connectivity index (χ3v) is 3.28. The minimum absolute atomic E-state index is 0.181. The number of nitrogens with zero attached hydrogens (tertiary/aromatic N) is 1. The molecule has 0 saturated carbocycles. The summed E-state index contributed by atoms with van der Waals surface area (Å²) in [6.07, 6.45) is 1.15. The molecule has 0 fully saturated rings. The molecule has 98 valence electrons. The van der Waals surface area contributed by atoms with Gasteiger partial charge in [-0.2, -0.15) is 0 Å². The second-order valence-corrected chi connectivity index (χ2v) is 6.88. The van der Waals surface area contributed by atoms with Gasteiger partial charge in [0.2, 0.25) is 0 Å². The van der Waals surface area contributed by atoms with Gasteiger partial charge in [0.05, 0.1) is 0 Å². The first-order chi connectivity index (χ1) is 6.98. The third kappa shape index (κ3) is 5.31. The zero-order chi connectivity index (χ0) is 13.1. The van der Waals surface area contributed by atoms with Crippen LogP contribution in [0.4, 0.5) is 0 Å². The summed E-state index contributed by atoms with van der Waals surface area (Å²) in [5.74, 6) is 0. The molecule has 0 spiro atoms. The van der Waals surface area contributed by atoms with E-state index in [1.165, 1.54) is 0 Å². The quantitative estimate of drug-likeness (QED) is 0.750. The average molecular weight is 228 g/mol. The van der Waals surface area contributed by atoms with Crippen LogP contribution >= 0.6 is 0 Å². The maximum atomic E-state index is 3.64. The first-order valence-corrected chi connectivity index (χ1v) is 6.48. The topological polar surface area (TPSA) is 15.3 Å². The van der Waals surface area contributed by atoms with Crippen LogP contribution < -0.4 is 5.32 Å². The summed E-state index contributed by atoms with van der Waals surface area (Å²) in [6, 6.07) is 1.13. The molecule has 0 aliphatic carbocycles. The van der Waals surface area contributed by atoms with E-state index in [9.17, 15) is 0 Å². The highest BCUT2D eigenvalue weighted by molar-refractivity contribution is 4.92. The van der Waals surface area contributed by atoms with Crippen molar-refractivity contribution in [2.24, 2.45) is 0 Å². The summed E-state index contributed by atoms with van der Waals surface area (Å²) in [5, 5.41) is 3.64. The highest BCUT2D eigenvalue weighted by Crippen LogP contribution is 2.26. The fraction of sp³-hybridized carbons (Fsp3) is 1.00. The van der Waals surface area contributed by atoms with E-state index in [1.807, 2.05) is 0 Å². The molecular weight excluding hydrogens is 196 g/mol. The SMILES string of the molecule is CC(C)NC(C)(C)CC(C)(C)N(C)C(C)C. The monoisotopic (exact) mass is 228 g/mol. The van der Waals surface area contributed by atoms with Crippen molar-refractivity contribution in [2.45, 2.75) is 85.0 Å². The zero-order valence-corrected chi connectivity index (χ0v) is 12.8. The van der Waals surface area contributed by atoms with Crippen molar-refractivity contribution in [3.05, 3.63) is 0 Å². The Morgan fingerprint density at radius 3 is 1.75 bits per heavy atom. The highest BCUT2D eigenvalue weighted by atomic mass is 15.2. The maximum Gasteiger partial charge on any atom is 0.0170 e. The molecule has 1 N–H and O–H groups in total. The Morgan fingerprint density at radius 1 is 1.00 bits per heavy atom. The van der Waals surface area contributed by atoms with Gasteiger partial charge in [-0.05, 0) is 55.0 Å². The van der Waals surface area contributed by atoms with Gasteiger partial charge in [-0.25, -0.2) is 0 Å². The van der Waals surface area contributed by atoms with Gasteiger partial charge in [-0.3, -0.25) is 4.90 Å². The van der Waals surface area contributed by atoms with E-state index in [0.717, 1.165) is 6.42 Å². The summed E-state index contributed by atoms with van der Waals surface area (Å²) >= 11 is 0. The molecule has 2 nitrogen and oxygen atoms in total. The first kappa shape index (κ1) is 15.9. The summed E-state index contributed by atoms with van der Waals surface area (Å²) in [7, 11) is 2.22. The van der Waals surface area contributed by atoms with E-state index in [0.29, 0.717) is 12.1 Å². The van der Waals surface area contributed by atoms with Gasteiger partial charge >= 0.3 is 0 Å². The molecular formula is C14H32N2. The van der Waals surface area contributed by atoms with Crippen molar-refractivity contribution in [2.75, 3.05) is 7.05 Å². The predicted molar refractivity (Wildman–Crippen MR) is 73.9 cm³/mol. The Hall–Kier alpha value is -0.0800. The summed E-state index contributed by atoms with van der Waals surface area (Å²) < 4.78 is 0.